The van der Waals surface area contributed by atoms with Gasteiger partial charge < -0.3 is 0 Å². The van der Waals surface area contributed by atoms with Crippen LogP contribution >= 0.6 is 11.6 Å². The van der Waals surface area contributed by atoms with E-state index in [9.17, 15) is 0 Å². The third-order valence-electron chi connectivity index (χ3n) is 2.05. The Morgan fingerprint density at radius 3 is 2.92 bits per heavy atom. The summed E-state index contributed by atoms with van der Waals surface area (Å²) in [6.07, 6.45) is 3.85. The van der Waals surface area contributed by atoms with Crippen LogP contribution in [0.4, 0.5) is 0 Å². The molecule has 0 amide bonds. The van der Waals surface area contributed by atoms with E-state index in [1.165, 1.54) is 0 Å². The monoisotopic (exact) mass is 178 g/mol. The molecule has 0 bridgehead atoms. The van der Waals surface area contributed by atoms with Crippen molar-refractivity contribution < 1.29 is 0 Å². The molecule has 1 fully saturated rings. The molecule has 2 nitrogen and oxygen atoms in total. The molecule has 0 atom stereocenters. The number of aromatic nitrogens is 1. The molecule has 0 spiro atoms. The Kier molecular flexibility index (Phi) is 1.74. The summed E-state index contributed by atoms with van der Waals surface area (Å²) in [6.45, 7) is 0. The van der Waals surface area contributed by atoms with E-state index in [4.69, 9.17) is 16.9 Å². The fraction of sp³-hybridized carbons (Fsp3) is 0.333. The van der Waals surface area contributed by atoms with Gasteiger partial charge in [-0.1, -0.05) is 11.6 Å². The number of halogens is 1. The minimum atomic E-state index is 0.487. The van der Waals surface area contributed by atoms with Crippen molar-refractivity contribution in [1.29, 1.82) is 5.26 Å². The first kappa shape index (κ1) is 7.57. The van der Waals surface area contributed by atoms with Crippen molar-refractivity contribution in [2.45, 2.75) is 18.8 Å². The van der Waals surface area contributed by atoms with Gasteiger partial charge in [0, 0.05) is 11.8 Å². The minimum Gasteiger partial charge on any atom is -0.244 e. The number of nitrogens with zero attached hydrogens (tertiary/aromatic N) is 2. The van der Waals surface area contributed by atoms with E-state index in [-0.39, 0.29) is 0 Å². The number of hydrogen-bond acceptors (Lipinski definition) is 2. The Bertz CT molecular complexity index is 350. The molecule has 1 aromatic heterocycles. The van der Waals surface area contributed by atoms with Crippen molar-refractivity contribution in [2.75, 3.05) is 0 Å². The first-order valence-electron chi connectivity index (χ1n) is 3.87. The molecule has 1 aromatic rings. The Balaban J connectivity index is 2.54. The van der Waals surface area contributed by atoms with Gasteiger partial charge in [-0.15, -0.1) is 0 Å². The fourth-order valence-corrected chi connectivity index (χ4v) is 1.62. The van der Waals surface area contributed by atoms with Crippen LogP contribution in [0.15, 0.2) is 12.3 Å². The van der Waals surface area contributed by atoms with E-state index >= 15 is 0 Å². The second-order valence-electron chi connectivity index (χ2n) is 2.95. The lowest BCUT2D eigenvalue weighted by atomic mass is 10.1. The standard InChI is InChI=1S/C9H7ClN2/c10-9-8(6-1-2-6)7(5-11)3-4-12-9/h3-4,6H,1-2H2. The van der Waals surface area contributed by atoms with Gasteiger partial charge in [-0.25, -0.2) is 4.98 Å². The van der Waals surface area contributed by atoms with Gasteiger partial charge in [-0.05, 0) is 24.8 Å². The summed E-state index contributed by atoms with van der Waals surface area (Å²) in [5.74, 6) is 0.487. The van der Waals surface area contributed by atoms with Crippen LogP contribution in [-0.4, -0.2) is 4.98 Å². The van der Waals surface area contributed by atoms with E-state index in [1.54, 1.807) is 12.3 Å². The molecule has 0 saturated heterocycles. The first-order chi connectivity index (χ1) is 5.83. The summed E-state index contributed by atoms with van der Waals surface area (Å²) in [6, 6.07) is 3.86. The van der Waals surface area contributed by atoms with E-state index < -0.39 is 0 Å². The molecule has 1 saturated carbocycles. The summed E-state index contributed by atoms with van der Waals surface area (Å²) >= 11 is 5.88. The van der Waals surface area contributed by atoms with Crippen LogP contribution in [0, 0.1) is 11.3 Å². The van der Waals surface area contributed by atoms with Gasteiger partial charge in [0.25, 0.3) is 0 Å². The summed E-state index contributed by atoms with van der Waals surface area (Å²) < 4.78 is 0. The predicted octanol–water partition coefficient (Wildman–Crippen LogP) is 2.48. The summed E-state index contributed by atoms with van der Waals surface area (Å²) in [5.41, 5.74) is 1.62. The first-order valence-corrected chi connectivity index (χ1v) is 4.25. The largest absolute Gasteiger partial charge is 0.244 e. The molecule has 60 valence electrons. The maximum absolute atomic E-state index is 8.78. The van der Waals surface area contributed by atoms with Gasteiger partial charge in [0.1, 0.15) is 5.15 Å². The van der Waals surface area contributed by atoms with Crippen molar-refractivity contribution in [3.8, 4) is 6.07 Å². The maximum atomic E-state index is 8.78. The van der Waals surface area contributed by atoms with Crippen LogP contribution in [0.1, 0.15) is 29.9 Å². The molecule has 2 rings (SSSR count). The second kappa shape index (κ2) is 2.76. The van der Waals surface area contributed by atoms with Crippen LogP contribution in [0.5, 0.6) is 0 Å². The molecule has 0 unspecified atom stereocenters. The molecular formula is C9H7ClN2. The van der Waals surface area contributed by atoms with Crippen molar-refractivity contribution in [2.24, 2.45) is 0 Å². The predicted molar refractivity (Wildman–Crippen MR) is 45.9 cm³/mol. The molecule has 12 heavy (non-hydrogen) atoms. The molecule has 0 aliphatic heterocycles. The van der Waals surface area contributed by atoms with Crippen LogP contribution in [0.2, 0.25) is 5.15 Å². The van der Waals surface area contributed by atoms with Crippen molar-refractivity contribution in [1.82, 2.24) is 4.98 Å². The van der Waals surface area contributed by atoms with Crippen LogP contribution in [0.25, 0.3) is 0 Å². The van der Waals surface area contributed by atoms with Crippen molar-refractivity contribution in [3.63, 3.8) is 0 Å². The van der Waals surface area contributed by atoms with Gasteiger partial charge >= 0.3 is 0 Å². The van der Waals surface area contributed by atoms with Crippen LogP contribution in [0.3, 0.4) is 0 Å². The van der Waals surface area contributed by atoms with Gasteiger partial charge in [-0.3, -0.25) is 0 Å². The normalized spacial score (nSPS) is 15.7. The quantitative estimate of drug-likeness (QED) is 0.620. The third kappa shape index (κ3) is 1.17. The molecule has 0 N–H and O–H groups in total. The molecule has 1 aliphatic carbocycles. The van der Waals surface area contributed by atoms with Gasteiger partial charge in [0.2, 0.25) is 0 Å². The van der Waals surface area contributed by atoms with E-state index in [1.807, 2.05) is 0 Å². The number of nitriles is 1. The summed E-state index contributed by atoms with van der Waals surface area (Å²) in [5, 5.41) is 9.28. The molecule has 1 heterocycles. The Morgan fingerprint density at radius 2 is 2.33 bits per heavy atom. The van der Waals surface area contributed by atoms with Crippen molar-refractivity contribution in [3.05, 3.63) is 28.5 Å². The SMILES string of the molecule is N#Cc1ccnc(Cl)c1C1CC1. The Hall–Kier alpha value is -1.07. The molecule has 1 aliphatic rings. The zero-order valence-electron chi connectivity index (χ0n) is 6.42. The maximum Gasteiger partial charge on any atom is 0.133 e. The Morgan fingerprint density at radius 1 is 1.58 bits per heavy atom. The second-order valence-corrected chi connectivity index (χ2v) is 3.31. The lowest BCUT2D eigenvalue weighted by Gasteiger charge is -2.01. The van der Waals surface area contributed by atoms with Crippen molar-refractivity contribution >= 4 is 11.6 Å². The highest BCUT2D eigenvalue weighted by atomic mass is 35.5. The average Bonchev–Trinajstić information content (AvgIpc) is 2.87. The number of rotatable bonds is 1. The molecular weight excluding hydrogens is 172 g/mol. The van der Waals surface area contributed by atoms with E-state index in [0.29, 0.717) is 16.6 Å². The molecule has 0 aromatic carbocycles. The molecule has 0 radical (unpaired) electrons. The summed E-state index contributed by atoms with van der Waals surface area (Å²) in [4.78, 5) is 3.96. The number of hydrogen-bond donors (Lipinski definition) is 0. The third-order valence-corrected chi connectivity index (χ3v) is 2.35. The lowest BCUT2D eigenvalue weighted by Crippen LogP contribution is -1.90. The zero-order valence-corrected chi connectivity index (χ0v) is 7.17. The highest BCUT2D eigenvalue weighted by molar-refractivity contribution is 6.30. The highest BCUT2D eigenvalue weighted by Gasteiger charge is 2.28. The van der Waals surface area contributed by atoms with Gasteiger partial charge in [-0.2, -0.15) is 5.26 Å². The summed E-state index contributed by atoms with van der Waals surface area (Å²) in [7, 11) is 0. The van der Waals surface area contributed by atoms with Gasteiger partial charge in [0.05, 0.1) is 11.6 Å². The lowest BCUT2D eigenvalue weighted by molar-refractivity contribution is 1.08. The van der Waals surface area contributed by atoms with Crippen LogP contribution in [-0.2, 0) is 0 Å². The molecule has 3 heteroatoms. The number of pyridine rings is 1. The average molecular weight is 179 g/mol. The fourth-order valence-electron chi connectivity index (χ4n) is 1.31. The van der Waals surface area contributed by atoms with Gasteiger partial charge in [0.15, 0.2) is 0 Å². The van der Waals surface area contributed by atoms with Crippen LogP contribution < -0.4 is 0 Å². The minimum absolute atomic E-state index is 0.487. The topological polar surface area (TPSA) is 36.7 Å². The van der Waals surface area contributed by atoms with E-state index in [2.05, 4.69) is 11.1 Å². The Labute approximate surface area is 75.8 Å². The highest BCUT2D eigenvalue weighted by Crippen LogP contribution is 2.43. The van der Waals surface area contributed by atoms with E-state index in [0.717, 1.165) is 18.4 Å². The smallest absolute Gasteiger partial charge is 0.133 e. The zero-order chi connectivity index (χ0) is 8.55.